The van der Waals surface area contributed by atoms with Crippen molar-refractivity contribution in [3.8, 4) is 0 Å². The van der Waals surface area contributed by atoms with Gasteiger partial charge in [0.15, 0.2) is 0 Å². The predicted molar refractivity (Wildman–Crippen MR) is 68.1 cm³/mol. The number of hydrogen-bond acceptors (Lipinski definition) is 4. The quantitative estimate of drug-likeness (QED) is 0.811. The maximum atomic E-state index is 11.8. The summed E-state index contributed by atoms with van der Waals surface area (Å²) in [7, 11) is 1.70. The Labute approximate surface area is 106 Å². The van der Waals surface area contributed by atoms with Crippen molar-refractivity contribution in [2.24, 2.45) is 0 Å². The largest absolute Gasteiger partial charge is 0.396 e. The highest BCUT2D eigenvalue weighted by Gasteiger charge is 2.30. The van der Waals surface area contributed by atoms with Crippen LogP contribution < -0.4 is 11.1 Å². The van der Waals surface area contributed by atoms with Crippen molar-refractivity contribution in [1.82, 2.24) is 15.1 Å². The maximum Gasteiger partial charge on any atom is 0.241 e. The number of amides is 1. The standard InChI is InChI=1S/C12H20N4O2/c1-7-12(13)8(2)16(15-7)6-11(17)14-9-4-10(5-9)18-3/h9-10H,4-6,13H2,1-3H3,(H,14,17). The number of ether oxygens (including phenoxy) is 1. The number of hydrogen-bond donors (Lipinski definition) is 2. The van der Waals surface area contributed by atoms with Crippen LogP contribution in [0.2, 0.25) is 0 Å². The van der Waals surface area contributed by atoms with Gasteiger partial charge in [0.2, 0.25) is 5.91 Å². The molecule has 0 aliphatic heterocycles. The number of carbonyl (C=O) groups excluding carboxylic acids is 1. The number of nitrogens with zero attached hydrogens (tertiary/aromatic N) is 2. The molecule has 1 saturated carbocycles. The molecule has 1 aliphatic carbocycles. The van der Waals surface area contributed by atoms with Gasteiger partial charge < -0.3 is 15.8 Å². The smallest absolute Gasteiger partial charge is 0.241 e. The van der Waals surface area contributed by atoms with E-state index in [0.29, 0.717) is 11.8 Å². The van der Waals surface area contributed by atoms with Gasteiger partial charge in [-0.05, 0) is 26.7 Å². The number of rotatable bonds is 4. The predicted octanol–water partition coefficient (Wildman–Crippen LogP) is 0.376. The molecule has 0 spiro atoms. The highest BCUT2D eigenvalue weighted by molar-refractivity contribution is 5.76. The number of nitrogens with two attached hydrogens (primary N) is 1. The van der Waals surface area contributed by atoms with E-state index < -0.39 is 0 Å². The molecule has 1 fully saturated rings. The number of carbonyl (C=O) groups is 1. The van der Waals surface area contributed by atoms with Crippen LogP contribution in [0, 0.1) is 13.8 Å². The van der Waals surface area contributed by atoms with Crippen molar-refractivity contribution >= 4 is 11.6 Å². The van der Waals surface area contributed by atoms with Crippen molar-refractivity contribution < 1.29 is 9.53 Å². The first-order valence-electron chi connectivity index (χ1n) is 6.13. The lowest BCUT2D eigenvalue weighted by Gasteiger charge is -2.34. The summed E-state index contributed by atoms with van der Waals surface area (Å²) in [6, 6.07) is 0.233. The number of anilines is 1. The van der Waals surface area contributed by atoms with E-state index in [1.807, 2.05) is 13.8 Å². The zero-order chi connectivity index (χ0) is 13.3. The van der Waals surface area contributed by atoms with Gasteiger partial charge in [0.25, 0.3) is 0 Å². The fraction of sp³-hybridized carbons (Fsp3) is 0.667. The van der Waals surface area contributed by atoms with Crippen molar-refractivity contribution in [1.29, 1.82) is 0 Å². The Morgan fingerprint density at radius 1 is 1.56 bits per heavy atom. The van der Waals surface area contributed by atoms with Gasteiger partial charge in [0.05, 0.1) is 23.2 Å². The van der Waals surface area contributed by atoms with Crippen molar-refractivity contribution in [2.45, 2.75) is 45.4 Å². The van der Waals surface area contributed by atoms with Gasteiger partial charge in [-0.15, -0.1) is 0 Å². The van der Waals surface area contributed by atoms with Crippen molar-refractivity contribution in [3.63, 3.8) is 0 Å². The molecular formula is C12H20N4O2. The Bertz CT molecular complexity index is 449. The SMILES string of the molecule is COC1CC(NC(=O)Cn2nc(C)c(N)c2C)C1. The van der Waals surface area contributed by atoms with Crippen LogP contribution in [0.5, 0.6) is 0 Å². The van der Waals surface area contributed by atoms with Gasteiger partial charge in [0, 0.05) is 13.2 Å². The first-order chi connectivity index (χ1) is 8.51. The van der Waals surface area contributed by atoms with Gasteiger partial charge in [-0.2, -0.15) is 5.10 Å². The monoisotopic (exact) mass is 252 g/mol. The van der Waals surface area contributed by atoms with Crippen LogP contribution in [0.3, 0.4) is 0 Å². The molecule has 1 amide bonds. The molecule has 3 N–H and O–H groups in total. The third kappa shape index (κ3) is 2.48. The minimum atomic E-state index is -0.0276. The molecule has 6 heteroatoms. The molecule has 0 unspecified atom stereocenters. The first-order valence-corrected chi connectivity index (χ1v) is 6.13. The number of aromatic nitrogens is 2. The molecule has 1 aliphatic rings. The Hall–Kier alpha value is -1.56. The zero-order valence-electron chi connectivity index (χ0n) is 11.1. The van der Waals surface area contributed by atoms with Crippen LogP contribution in [-0.2, 0) is 16.1 Å². The molecule has 100 valence electrons. The average molecular weight is 252 g/mol. The molecule has 0 atom stereocenters. The summed E-state index contributed by atoms with van der Waals surface area (Å²) >= 11 is 0. The summed E-state index contributed by atoms with van der Waals surface area (Å²) < 4.78 is 6.81. The van der Waals surface area contributed by atoms with E-state index >= 15 is 0 Å². The average Bonchev–Trinajstić information content (AvgIpc) is 2.51. The summed E-state index contributed by atoms with van der Waals surface area (Å²) in [5.74, 6) is -0.0276. The Morgan fingerprint density at radius 2 is 2.22 bits per heavy atom. The van der Waals surface area contributed by atoms with Gasteiger partial charge in [-0.1, -0.05) is 0 Å². The van der Waals surface area contributed by atoms with Crippen molar-refractivity contribution in [2.75, 3.05) is 12.8 Å². The third-order valence-corrected chi connectivity index (χ3v) is 3.52. The van der Waals surface area contributed by atoms with Crippen LogP contribution in [0.25, 0.3) is 0 Å². The molecule has 0 aromatic carbocycles. The second-order valence-electron chi connectivity index (χ2n) is 4.84. The third-order valence-electron chi connectivity index (χ3n) is 3.52. The first kappa shape index (κ1) is 12.9. The second-order valence-corrected chi connectivity index (χ2v) is 4.84. The summed E-state index contributed by atoms with van der Waals surface area (Å²) in [5.41, 5.74) is 8.09. The second kappa shape index (κ2) is 4.97. The van der Waals surface area contributed by atoms with Crippen LogP contribution in [0.1, 0.15) is 24.2 Å². The molecule has 1 aromatic rings. The fourth-order valence-electron chi connectivity index (χ4n) is 2.15. The van der Waals surface area contributed by atoms with E-state index in [9.17, 15) is 4.79 Å². The van der Waals surface area contributed by atoms with Gasteiger partial charge in [0.1, 0.15) is 6.54 Å². The van der Waals surface area contributed by atoms with E-state index in [1.54, 1.807) is 11.8 Å². The van der Waals surface area contributed by atoms with Crippen LogP contribution in [0.4, 0.5) is 5.69 Å². The molecule has 18 heavy (non-hydrogen) atoms. The van der Waals surface area contributed by atoms with Gasteiger partial charge in [-0.3, -0.25) is 9.48 Å². The lowest BCUT2D eigenvalue weighted by Crippen LogP contribution is -2.48. The summed E-state index contributed by atoms with van der Waals surface area (Å²) in [6.07, 6.45) is 2.07. The van der Waals surface area contributed by atoms with Gasteiger partial charge >= 0.3 is 0 Å². The highest BCUT2D eigenvalue weighted by Crippen LogP contribution is 2.22. The molecule has 1 aromatic heterocycles. The molecule has 0 bridgehead atoms. The Kier molecular flexibility index (Phi) is 3.56. The molecule has 2 rings (SSSR count). The Morgan fingerprint density at radius 3 is 2.72 bits per heavy atom. The van der Waals surface area contributed by atoms with Gasteiger partial charge in [-0.25, -0.2) is 0 Å². The highest BCUT2D eigenvalue weighted by atomic mass is 16.5. The van der Waals surface area contributed by atoms with E-state index in [2.05, 4.69) is 10.4 Å². The number of nitrogens with one attached hydrogen (secondary N) is 1. The van der Waals surface area contributed by atoms with Crippen LogP contribution >= 0.6 is 0 Å². The lowest BCUT2D eigenvalue weighted by atomic mass is 9.89. The number of aryl methyl sites for hydroxylation is 1. The molecule has 0 saturated heterocycles. The number of methoxy groups -OCH3 is 1. The normalized spacial score (nSPS) is 22.6. The van der Waals surface area contributed by atoms with E-state index in [1.165, 1.54) is 0 Å². The molecular weight excluding hydrogens is 232 g/mol. The minimum Gasteiger partial charge on any atom is -0.396 e. The minimum absolute atomic E-state index is 0.0276. The van der Waals surface area contributed by atoms with E-state index in [0.717, 1.165) is 24.2 Å². The van der Waals surface area contributed by atoms with E-state index in [-0.39, 0.29) is 18.5 Å². The van der Waals surface area contributed by atoms with E-state index in [4.69, 9.17) is 10.5 Å². The van der Waals surface area contributed by atoms with Crippen LogP contribution in [-0.4, -0.2) is 34.9 Å². The summed E-state index contributed by atoms with van der Waals surface area (Å²) in [5, 5.41) is 7.20. The molecule has 0 radical (unpaired) electrons. The molecule has 6 nitrogen and oxygen atoms in total. The van der Waals surface area contributed by atoms with Crippen LogP contribution in [0.15, 0.2) is 0 Å². The zero-order valence-corrected chi connectivity index (χ0v) is 11.1. The topological polar surface area (TPSA) is 82.2 Å². The lowest BCUT2D eigenvalue weighted by molar-refractivity contribution is -0.124. The summed E-state index contributed by atoms with van der Waals surface area (Å²) in [4.78, 5) is 11.8. The Balaban J connectivity index is 1.86. The summed E-state index contributed by atoms with van der Waals surface area (Å²) in [6.45, 7) is 3.93. The molecule has 1 heterocycles. The number of nitrogen functional groups attached to an aromatic ring is 1. The van der Waals surface area contributed by atoms with Crippen molar-refractivity contribution in [3.05, 3.63) is 11.4 Å². The fourth-order valence-corrected chi connectivity index (χ4v) is 2.15. The maximum absolute atomic E-state index is 11.8.